The summed E-state index contributed by atoms with van der Waals surface area (Å²) in [5.74, 6) is 0.176. The second-order valence-corrected chi connectivity index (χ2v) is 3.76. The van der Waals surface area contributed by atoms with Gasteiger partial charge in [-0.05, 0) is 17.7 Å². The van der Waals surface area contributed by atoms with Crippen LogP contribution in [-0.2, 0) is 4.79 Å². The number of carboxylic acids is 1. The van der Waals surface area contributed by atoms with Crippen molar-refractivity contribution in [3.63, 3.8) is 0 Å². The van der Waals surface area contributed by atoms with E-state index in [1.54, 1.807) is 18.2 Å². The van der Waals surface area contributed by atoms with Crippen molar-refractivity contribution in [2.24, 2.45) is 0 Å². The number of rotatable bonds is 4. The van der Waals surface area contributed by atoms with Gasteiger partial charge >= 0.3 is 5.97 Å². The third-order valence-corrected chi connectivity index (χ3v) is 2.80. The second-order valence-electron chi connectivity index (χ2n) is 2.85. The summed E-state index contributed by atoms with van der Waals surface area (Å²) in [5, 5.41) is 8.83. The quantitative estimate of drug-likeness (QED) is 0.856. The molecule has 1 unspecified atom stereocenters. The number of alkyl halides is 1. The Morgan fingerprint density at radius 2 is 1.73 bits per heavy atom. The Morgan fingerprint density at radius 3 is 2.07 bits per heavy atom. The van der Waals surface area contributed by atoms with Crippen LogP contribution < -0.4 is 9.47 Å². The Kier molecular flexibility index (Phi) is 3.96. The molecule has 0 saturated carbocycles. The summed E-state index contributed by atoms with van der Waals surface area (Å²) in [5.41, 5.74) is 0.582. The fraction of sp³-hybridized carbons (Fsp3) is 0.300. The van der Waals surface area contributed by atoms with Gasteiger partial charge in [-0.15, -0.1) is 0 Å². The fourth-order valence-electron chi connectivity index (χ4n) is 1.12. The number of carboxylic acid groups (broad SMARTS) is 1. The molecule has 0 amide bonds. The van der Waals surface area contributed by atoms with E-state index in [0.29, 0.717) is 17.1 Å². The number of hydrogen-bond donors (Lipinski definition) is 1. The van der Waals surface area contributed by atoms with E-state index in [0.717, 1.165) is 0 Å². The highest BCUT2D eigenvalue weighted by molar-refractivity contribution is 9.09. The van der Waals surface area contributed by atoms with E-state index in [2.05, 4.69) is 15.9 Å². The van der Waals surface area contributed by atoms with Crippen LogP contribution in [0.1, 0.15) is 10.4 Å². The van der Waals surface area contributed by atoms with Crippen LogP contribution in [0.3, 0.4) is 0 Å². The van der Waals surface area contributed by atoms with Gasteiger partial charge < -0.3 is 14.6 Å². The minimum absolute atomic E-state index is 0.565. The van der Waals surface area contributed by atoms with E-state index in [9.17, 15) is 4.79 Å². The van der Waals surface area contributed by atoms with E-state index in [1.807, 2.05) is 0 Å². The summed E-state index contributed by atoms with van der Waals surface area (Å²) < 4.78 is 10.1. The van der Waals surface area contributed by atoms with Crippen molar-refractivity contribution in [1.29, 1.82) is 0 Å². The predicted octanol–water partition coefficient (Wildman–Crippen LogP) is 2.22. The standard InChI is InChI=1S/C10H11BrO4/c1-14-7-3-6(9(11)10(12)13)4-8(5-7)15-2/h3-5,9H,1-2H3,(H,12,13). The van der Waals surface area contributed by atoms with E-state index in [1.165, 1.54) is 14.2 Å². The van der Waals surface area contributed by atoms with E-state index in [4.69, 9.17) is 14.6 Å². The lowest BCUT2D eigenvalue weighted by molar-refractivity contribution is -0.136. The molecule has 0 aromatic heterocycles. The largest absolute Gasteiger partial charge is 0.497 e. The van der Waals surface area contributed by atoms with Gasteiger partial charge in [0.1, 0.15) is 16.3 Å². The molecular weight excluding hydrogens is 264 g/mol. The lowest BCUT2D eigenvalue weighted by Crippen LogP contribution is -2.04. The number of carbonyl (C=O) groups is 1. The summed E-state index contributed by atoms with van der Waals surface area (Å²) >= 11 is 3.07. The highest BCUT2D eigenvalue weighted by Gasteiger charge is 2.17. The molecular formula is C10H11BrO4. The first-order valence-corrected chi connectivity index (χ1v) is 5.10. The molecule has 1 rings (SSSR count). The number of halogens is 1. The third-order valence-electron chi connectivity index (χ3n) is 1.88. The zero-order chi connectivity index (χ0) is 11.4. The van der Waals surface area contributed by atoms with E-state index in [-0.39, 0.29) is 0 Å². The first-order valence-electron chi connectivity index (χ1n) is 4.18. The Morgan fingerprint density at radius 1 is 1.27 bits per heavy atom. The van der Waals surface area contributed by atoms with Crippen LogP contribution in [0.4, 0.5) is 0 Å². The highest BCUT2D eigenvalue weighted by atomic mass is 79.9. The maximum Gasteiger partial charge on any atom is 0.321 e. The van der Waals surface area contributed by atoms with Crippen molar-refractivity contribution < 1.29 is 19.4 Å². The molecule has 1 aromatic carbocycles. The molecule has 1 atom stereocenters. The second kappa shape index (κ2) is 5.02. The van der Waals surface area contributed by atoms with Gasteiger partial charge in [0, 0.05) is 6.07 Å². The molecule has 0 fully saturated rings. The predicted molar refractivity (Wildman–Crippen MR) is 58.8 cm³/mol. The average Bonchev–Trinajstić information content (AvgIpc) is 2.27. The lowest BCUT2D eigenvalue weighted by atomic mass is 10.1. The van der Waals surface area contributed by atoms with Crippen molar-refractivity contribution in [2.45, 2.75) is 4.83 Å². The first-order chi connectivity index (χ1) is 7.08. The van der Waals surface area contributed by atoms with Gasteiger partial charge in [0.25, 0.3) is 0 Å². The van der Waals surface area contributed by atoms with Crippen LogP contribution in [0, 0.1) is 0 Å². The molecule has 0 spiro atoms. The zero-order valence-corrected chi connectivity index (χ0v) is 9.95. The molecule has 5 heteroatoms. The number of hydrogen-bond acceptors (Lipinski definition) is 3. The molecule has 0 radical (unpaired) electrons. The van der Waals surface area contributed by atoms with Crippen molar-refractivity contribution in [3.05, 3.63) is 23.8 Å². The molecule has 82 valence electrons. The summed E-state index contributed by atoms with van der Waals surface area (Å²) in [6.45, 7) is 0. The number of methoxy groups -OCH3 is 2. The van der Waals surface area contributed by atoms with Gasteiger partial charge in [-0.2, -0.15) is 0 Å². The monoisotopic (exact) mass is 274 g/mol. The number of ether oxygens (including phenoxy) is 2. The Bertz CT molecular complexity index is 342. The highest BCUT2D eigenvalue weighted by Crippen LogP contribution is 2.30. The van der Waals surface area contributed by atoms with Gasteiger partial charge in [-0.3, -0.25) is 4.79 Å². The molecule has 0 aliphatic carbocycles. The zero-order valence-electron chi connectivity index (χ0n) is 8.36. The molecule has 0 saturated heterocycles. The van der Waals surface area contributed by atoms with Crippen LogP contribution in [-0.4, -0.2) is 25.3 Å². The number of aliphatic carboxylic acids is 1. The van der Waals surface area contributed by atoms with Gasteiger partial charge in [0.2, 0.25) is 0 Å². The van der Waals surface area contributed by atoms with Gasteiger partial charge in [-0.25, -0.2) is 0 Å². The summed E-state index contributed by atoms with van der Waals surface area (Å²) in [4.78, 5) is 10.0. The van der Waals surface area contributed by atoms with E-state index >= 15 is 0 Å². The van der Waals surface area contributed by atoms with Crippen molar-refractivity contribution in [1.82, 2.24) is 0 Å². The molecule has 4 nitrogen and oxygen atoms in total. The number of benzene rings is 1. The van der Waals surface area contributed by atoms with Crippen LogP contribution >= 0.6 is 15.9 Å². The van der Waals surface area contributed by atoms with Gasteiger partial charge in [0.15, 0.2) is 0 Å². The molecule has 1 N–H and O–H groups in total. The van der Waals surface area contributed by atoms with Gasteiger partial charge in [0.05, 0.1) is 14.2 Å². The summed E-state index contributed by atoms with van der Waals surface area (Å²) in [7, 11) is 3.03. The summed E-state index contributed by atoms with van der Waals surface area (Å²) in [6.07, 6.45) is 0. The van der Waals surface area contributed by atoms with Crippen molar-refractivity contribution >= 4 is 21.9 Å². The molecule has 0 aliphatic heterocycles. The Labute approximate surface area is 95.9 Å². The van der Waals surface area contributed by atoms with E-state index < -0.39 is 10.8 Å². The SMILES string of the molecule is COc1cc(OC)cc(C(Br)C(=O)O)c1. The molecule has 0 heterocycles. The lowest BCUT2D eigenvalue weighted by Gasteiger charge is -2.10. The first kappa shape index (κ1) is 11.8. The maximum atomic E-state index is 10.8. The molecule has 1 aromatic rings. The summed E-state index contributed by atoms with van der Waals surface area (Å²) in [6, 6.07) is 4.98. The minimum Gasteiger partial charge on any atom is -0.497 e. The van der Waals surface area contributed by atoms with Crippen LogP contribution in [0.2, 0.25) is 0 Å². The van der Waals surface area contributed by atoms with Crippen LogP contribution in [0.15, 0.2) is 18.2 Å². The smallest absolute Gasteiger partial charge is 0.321 e. The molecule has 0 aliphatic rings. The van der Waals surface area contributed by atoms with Crippen molar-refractivity contribution in [2.75, 3.05) is 14.2 Å². The topological polar surface area (TPSA) is 55.8 Å². The Balaban J connectivity index is 3.11. The third kappa shape index (κ3) is 2.86. The minimum atomic E-state index is -0.953. The molecule has 15 heavy (non-hydrogen) atoms. The van der Waals surface area contributed by atoms with Crippen LogP contribution in [0.5, 0.6) is 11.5 Å². The fourth-order valence-corrected chi connectivity index (χ4v) is 1.38. The Hall–Kier alpha value is -1.23. The maximum absolute atomic E-state index is 10.8. The average molecular weight is 275 g/mol. The van der Waals surface area contributed by atoms with Gasteiger partial charge in [-0.1, -0.05) is 15.9 Å². The van der Waals surface area contributed by atoms with Crippen LogP contribution in [0.25, 0.3) is 0 Å². The van der Waals surface area contributed by atoms with Crippen molar-refractivity contribution in [3.8, 4) is 11.5 Å². The normalized spacial score (nSPS) is 11.9. The molecule has 0 bridgehead atoms.